The van der Waals surface area contributed by atoms with E-state index in [2.05, 4.69) is 10.3 Å². The first kappa shape index (κ1) is 20.4. The van der Waals surface area contributed by atoms with E-state index in [1.54, 1.807) is 11.8 Å². The maximum absolute atomic E-state index is 12.7. The molecule has 160 valence electrons. The van der Waals surface area contributed by atoms with Gasteiger partial charge in [-0.05, 0) is 44.4 Å². The fourth-order valence-electron chi connectivity index (χ4n) is 3.96. The van der Waals surface area contributed by atoms with Crippen LogP contribution in [-0.4, -0.2) is 66.1 Å². The number of aryl methyl sites for hydroxylation is 2. The quantitative estimate of drug-likeness (QED) is 0.837. The van der Waals surface area contributed by atoms with Gasteiger partial charge in [0.2, 0.25) is 0 Å². The Morgan fingerprint density at radius 1 is 1.07 bits per heavy atom. The first-order valence-corrected chi connectivity index (χ1v) is 10.5. The van der Waals surface area contributed by atoms with Gasteiger partial charge in [-0.1, -0.05) is 12.1 Å². The molecule has 0 unspecified atom stereocenters. The molecular weight excluding hydrogens is 384 g/mol. The Bertz CT molecular complexity index is 912. The molecule has 0 radical (unpaired) electrons. The predicted octanol–water partition coefficient (Wildman–Crippen LogP) is 3.18. The third-order valence-corrected chi connectivity index (χ3v) is 5.71. The highest BCUT2D eigenvalue weighted by Gasteiger charge is 2.30. The number of nitrogens with one attached hydrogen (secondary N) is 1. The number of carbonyl (C=O) groups excluding carboxylic acids is 2. The van der Waals surface area contributed by atoms with Crippen molar-refractivity contribution in [1.29, 1.82) is 0 Å². The van der Waals surface area contributed by atoms with Crippen LogP contribution < -0.4 is 5.32 Å². The van der Waals surface area contributed by atoms with Crippen LogP contribution in [0.25, 0.3) is 0 Å². The molecule has 1 aromatic heterocycles. The van der Waals surface area contributed by atoms with Crippen LogP contribution >= 0.6 is 0 Å². The van der Waals surface area contributed by atoms with Crippen molar-refractivity contribution in [2.75, 3.05) is 44.7 Å². The van der Waals surface area contributed by atoms with Gasteiger partial charge in [-0.15, -0.1) is 0 Å². The van der Waals surface area contributed by atoms with Gasteiger partial charge in [0, 0.05) is 37.8 Å². The Labute approximate surface area is 176 Å². The summed E-state index contributed by atoms with van der Waals surface area (Å²) in [6.07, 6.45) is 1.51. The van der Waals surface area contributed by atoms with Crippen LogP contribution in [0.3, 0.4) is 0 Å². The molecule has 8 nitrogen and oxygen atoms in total. The zero-order valence-corrected chi connectivity index (χ0v) is 17.5. The van der Waals surface area contributed by atoms with E-state index in [1.807, 2.05) is 36.1 Å². The number of hydrogen-bond donors (Lipinski definition) is 1. The largest absolute Gasteiger partial charge is 0.445 e. The van der Waals surface area contributed by atoms with Crippen molar-refractivity contribution in [3.8, 4) is 0 Å². The Kier molecular flexibility index (Phi) is 6.03. The van der Waals surface area contributed by atoms with Crippen LogP contribution in [0.15, 0.2) is 28.7 Å². The molecule has 2 fully saturated rings. The summed E-state index contributed by atoms with van der Waals surface area (Å²) in [5.41, 5.74) is 2.30. The number of urea groups is 1. The lowest BCUT2D eigenvalue weighted by atomic mass is 9.97. The molecule has 3 heterocycles. The minimum atomic E-state index is -0.0965. The summed E-state index contributed by atoms with van der Waals surface area (Å²) in [6.45, 7) is 7.29. The maximum Gasteiger partial charge on any atom is 0.321 e. The Morgan fingerprint density at radius 2 is 1.80 bits per heavy atom. The number of aromatic nitrogens is 1. The van der Waals surface area contributed by atoms with Crippen molar-refractivity contribution < 1.29 is 18.7 Å². The molecule has 3 amide bonds. The molecule has 2 aliphatic rings. The Hall–Kier alpha value is -2.87. The molecule has 2 saturated heterocycles. The summed E-state index contributed by atoms with van der Waals surface area (Å²) in [4.78, 5) is 33.4. The van der Waals surface area contributed by atoms with Crippen LogP contribution in [0.1, 0.15) is 46.5 Å². The Balaban J connectivity index is 1.35. The second-order valence-corrected chi connectivity index (χ2v) is 7.92. The van der Waals surface area contributed by atoms with Gasteiger partial charge in [0.05, 0.1) is 13.2 Å². The predicted molar refractivity (Wildman–Crippen MR) is 112 cm³/mol. The van der Waals surface area contributed by atoms with Crippen LogP contribution in [0, 0.1) is 13.8 Å². The lowest BCUT2D eigenvalue weighted by Crippen LogP contribution is -2.41. The molecule has 0 bridgehead atoms. The number of benzene rings is 1. The van der Waals surface area contributed by atoms with E-state index in [4.69, 9.17) is 9.15 Å². The smallest absolute Gasteiger partial charge is 0.321 e. The van der Waals surface area contributed by atoms with E-state index in [1.165, 1.54) is 0 Å². The molecule has 2 aromatic rings. The summed E-state index contributed by atoms with van der Waals surface area (Å²) >= 11 is 0. The second-order valence-electron chi connectivity index (χ2n) is 7.92. The van der Waals surface area contributed by atoms with Crippen LogP contribution in [-0.2, 0) is 4.74 Å². The van der Waals surface area contributed by atoms with Gasteiger partial charge in [0.25, 0.3) is 5.91 Å². The van der Waals surface area contributed by atoms with Crippen molar-refractivity contribution in [3.05, 3.63) is 47.2 Å². The number of piperidine rings is 1. The normalized spacial score (nSPS) is 17.8. The average Bonchev–Trinajstić information content (AvgIpc) is 3.15. The summed E-state index contributed by atoms with van der Waals surface area (Å²) < 4.78 is 11.2. The summed E-state index contributed by atoms with van der Waals surface area (Å²) in [7, 11) is 0. The molecule has 4 rings (SSSR count). The average molecular weight is 412 g/mol. The topological polar surface area (TPSA) is 87.9 Å². The third-order valence-electron chi connectivity index (χ3n) is 5.71. The number of hydrogen-bond acceptors (Lipinski definition) is 5. The molecule has 0 aliphatic carbocycles. The first-order valence-electron chi connectivity index (χ1n) is 10.5. The minimum absolute atomic E-state index is 0.0918. The molecule has 30 heavy (non-hydrogen) atoms. The number of ether oxygens (including phenoxy) is 1. The fraction of sp³-hybridized carbons (Fsp3) is 0.500. The summed E-state index contributed by atoms with van der Waals surface area (Å²) in [6, 6.07) is 7.67. The molecular formula is C22H28N4O4. The maximum atomic E-state index is 12.7. The molecule has 0 saturated carbocycles. The van der Waals surface area contributed by atoms with Crippen LogP contribution in [0.5, 0.6) is 0 Å². The number of carbonyl (C=O) groups is 2. The van der Waals surface area contributed by atoms with Crippen molar-refractivity contribution in [2.24, 2.45) is 0 Å². The van der Waals surface area contributed by atoms with E-state index in [0.717, 1.165) is 24.1 Å². The minimum Gasteiger partial charge on any atom is -0.445 e. The summed E-state index contributed by atoms with van der Waals surface area (Å²) in [5.74, 6) is 1.17. The highest BCUT2D eigenvalue weighted by atomic mass is 16.5. The number of oxazole rings is 1. The van der Waals surface area contributed by atoms with Crippen molar-refractivity contribution in [2.45, 2.75) is 32.6 Å². The molecule has 8 heteroatoms. The molecule has 1 N–H and O–H groups in total. The monoisotopic (exact) mass is 412 g/mol. The fourth-order valence-corrected chi connectivity index (χ4v) is 3.96. The summed E-state index contributed by atoms with van der Waals surface area (Å²) in [5, 5.41) is 2.96. The van der Waals surface area contributed by atoms with Gasteiger partial charge >= 0.3 is 6.03 Å². The van der Waals surface area contributed by atoms with Gasteiger partial charge in [-0.25, -0.2) is 9.78 Å². The van der Waals surface area contributed by atoms with Crippen LogP contribution in [0.4, 0.5) is 10.5 Å². The number of amides is 3. The van der Waals surface area contributed by atoms with Gasteiger partial charge in [-0.2, -0.15) is 0 Å². The van der Waals surface area contributed by atoms with Crippen molar-refractivity contribution in [1.82, 2.24) is 14.8 Å². The van der Waals surface area contributed by atoms with Crippen LogP contribution in [0.2, 0.25) is 0 Å². The highest BCUT2D eigenvalue weighted by Crippen LogP contribution is 2.29. The lowest BCUT2D eigenvalue weighted by Gasteiger charge is -2.30. The van der Waals surface area contributed by atoms with E-state index in [9.17, 15) is 9.59 Å². The molecule has 2 aliphatic heterocycles. The van der Waals surface area contributed by atoms with Gasteiger partial charge < -0.3 is 24.3 Å². The number of likely N-dealkylation sites (tertiary alicyclic amines) is 1. The zero-order valence-electron chi connectivity index (χ0n) is 17.5. The van der Waals surface area contributed by atoms with E-state index in [0.29, 0.717) is 56.7 Å². The van der Waals surface area contributed by atoms with Crippen molar-refractivity contribution in [3.63, 3.8) is 0 Å². The number of nitrogens with zero attached hydrogens (tertiary/aromatic N) is 3. The van der Waals surface area contributed by atoms with Gasteiger partial charge in [-0.3, -0.25) is 4.79 Å². The van der Waals surface area contributed by atoms with E-state index < -0.39 is 0 Å². The second kappa shape index (κ2) is 8.87. The first-order chi connectivity index (χ1) is 14.5. The number of morpholine rings is 1. The Morgan fingerprint density at radius 3 is 2.50 bits per heavy atom. The van der Waals surface area contributed by atoms with Crippen molar-refractivity contribution >= 4 is 17.6 Å². The zero-order chi connectivity index (χ0) is 21.1. The van der Waals surface area contributed by atoms with E-state index in [-0.39, 0.29) is 17.9 Å². The van der Waals surface area contributed by atoms with Gasteiger partial charge in [0.15, 0.2) is 11.6 Å². The number of rotatable bonds is 3. The van der Waals surface area contributed by atoms with E-state index >= 15 is 0 Å². The standard InChI is InChI=1S/C22H28N4O4/c1-15-4-3-5-18(14-15)23-22(28)26-8-6-17(7-9-26)20-24-19(16(2)30-20)21(27)25-10-12-29-13-11-25/h3-5,14,17H,6-13H2,1-2H3,(H,23,28). The third kappa shape index (κ3) is 4.48. The lowest BCUT2D eigenvalue weighted by molar-refractivity contribution is 0.0298. The SMILES string of the molecule is Cc1cccc(NC(=O)N2CCC(c3nc(C(=O)N4CCOCC4)c(C)o3)CC2)c1. The molecule has 0 spiro atoms. The molecule has 0 atom stereocenters. The number of anilines is 1. The molecule has 1 aromatic carbocycles. The van der Waals surface area contributed by atoms with Gasteiger partial charge in [0.1, 0.15) is 5.76 Å². The highest BCUT2D eigenvalue weighted by molar-refractivity contribution is 5.93.